The second-order valence-corrected chi connectivity index (χ2v) is 7.39. The van der Waals surface area contributed by atoms with Crippen LogP contribution in [0.3, 0.4) is 0 Å². The number of hydrogen-bond donors (Lipinski definition) is 2. The summed E-state index contributed by atoms with van der Waals surface area (Å²) in [5.41, 5.74) is 8.65. The quantitative estimate of drug-likeness (QED) is 0.614. The third-order valence-electron chi connectivity index (χ3n) is 4.67. The zero-order valence-corrected chi connectivity index (χ0v) is 16.3. The van der Waals surface area contributed by atoms with Gasteiger partial charge in [0.25, 0.3) is 5.91 Å². The third kappa shape index (κ3) is 5.08. The zero-order chi connectivity index (χ0) is 19.9. The fourth-order valence-corrected chi connectivity index (χ4v) is 3.26. The van der Waals surface area contributed by atoms with Gasteiger partial charge in [0.1, 0.15) is 6.26 Å². The van der Waals surface area contributed by atoms with Crippen LogP contribution in [0.5, 0.6) is 0 Å². The second-order valence-electron chi connectivity index (χ2n) is 7.39. The zero-order valence-electron chi connectivity index (χ0n) is 16.3. The molecule has 1 aromatic heterocycles. The number of rotatable bonds is 8. The Morgan fingerprint density at radius 1 is 1.04 bits per heavy atom. The Balaban J connectivity index is 1.70. The predicted octanol–water partition coefficient (Wildman–Crippen LogP) is 4.28. The number of amides is 1. The highest BCUT2D eigenvalue weighted by atomic mass is 16.3. The van der Waals surface area contributed by atoms with Crippen molar-refractivity contribution in [3.63, 3.8) is 0 Å². The molecule has 5 nitrogen and oxygen atoms in total. The van der Waals surface area contributed by atoms with Gasteiger partial charge in [0.05, 0.1) is 6.04 Å². The monoisotopic (exact) mass is 377 g/mol. The van der Waals surface area contributed by atoms with Crippen LogP contribution in [0.25, 0.3) is 0 Å². The first kappa shape index (κ1) is 19.8. The van der Waals surface area contributed by atoms with Crippen LogP contribution in [-0.2, 0) is 0 Å². The van der Waals surface area contributed by atoms with Gasteiger partial charge in [-0.3, -0.25) is 4.79 Å². The van der Waals surface area contributed by atoms with Crippen molar-refractivity contribution in [2.24, 2.45) is 11.7 Å². The van der Waals surface area contributed by atoms with E-state index in [1.807, 2.05) is 36.4 Å². The van der Waals surface area contributed by atoms with Crippen LogP contribution in [-0.4, -0.2) is 17.4 Å². The van der Waals surface area contributed by atoms with Gasteiger partial charge in [-0.15, -0.1) is 0 Å². The Hall–Kier alpha value is -2.92. The maximum Gasteiger partial charge on any atom is 0.273 e. The van der Waals surface area contributed by atoms with Crippen LogP contribution >= 0.6 is 0 Å². The molecule has 5 heteroatoms. The van der Waals surface area contributed by atoms with E-state index in [4.69, 9.17) is 10.2 Å². The van der Waals surface area contributed by atoms with Gasteiger partial charge in [-0.25, -0.2) is 4.98 Å². The molecule has 0 spiro atoms. The van der Waals surface area contributed by atoms with E-state index >= 15 is 0 Å². The van der Waals surface area contributed by atoms with Gasteiger partial charge in [-0.2, -0.15) is 0 Å². The lowest BCUT2D eigenvalue weighted by Crippen LogP contribution is -2.29. The van der Waals surface area contributed by atoms with Crippen LogP contribution in [0.1, 0.15) is 59.7 Å². The number of benzene rings is 2. The predicted molar refractivity (Wildman–Crippen MR) is 110 cm³/mol. The van der Waals surface area contributed by atoms with E-state index in [1.54, 1.807) is 0 Å². The standard InChI is InChI=1S/C23H27N3O2/c1-16(2)13-20(24)23-26-21(15-28-23)22(27)25-14-19(17-9-5-3-6-10-17)18-11-7-4-8-12-18/h3-12,15-16,19-20H,13-14,24H2,1-2H3,(H,25,27). The average molecular weight is 377 g/mol. The van der Waals surface area contributed by atoms with Gasteiger partial charge in [0.2, 0.25) is 5.89 Å². The number of oxazole rings is 1. The van der Waals surface area contributed by atoms with Gasteiger partial charge in [0.15, 0.2) is 5.69 Å². The summed E-state index contributed by atoms with van der Waals surface area (Å²) in [4.78, 5) is 16.9. The molecule has 3 aromatic rings. The number of hydrogen-bond acceptors (Lipinski definition) is 4. The molecule has 0 aliphatic carbocycles. The summed E-state index contributed by atoms with van der Waals surface area (Å²) in [5, 5.41) is 2.99. The number of carbonyl (C=O) groups is 1. The van der Waals surface area contributed by atoms with Crippen LogP contribution < -0.4 is 11.1 Å². The molecule has 0 bridgehead atoms. The molecule has 1 atom stereocenters. The fraction of sp³-hybridized carbons (Fsp3) is 0.304. The topological polar surface area (TPSA) is 81.1 Å². The smallest absolute Gasteiger partial charge is 0.273 e. The maximum absolute atomic E-state index is 12.6. The Bertz CT molecular complexity index is 836. The van der Waals surface area contributed by atoms with E-state index in [0.717, 1.165) is 17.5 Å². The van der Waals surface area contributed by atoms with E-state index < -0.39 is 0 Å². The SMILES string of the molecule is CC(C)CC(N)c1nc(C(=O)NCC(c2ccccc2)c2ccccc2)co1. The molecule has 0 saturated carbocycles. The summed E-state index contributed by atoms with van der Waals surface area (Å²) in [5.74, 6) is 0.628. The summed E-state index contributed by atoms with van der Waals surface area (Å²) in [6.07, 6.45) is 2.14. The van der Waals surface area contributed by atoms with Crippen molar-refractivity contribution in [3.05, 3.63) is 89.6 Å². The first-order chi connectivity index (χ1) is 13.5. The highest BCUT2D eigenvalue weighted by Crippen LogP contribution is 2.24. The molecule has 28 heavy (non-hydrogen) atoms. The normalized spacial score (nSPS) is 12.3. The van der Waals surface area contributed by atoms with Crippen molar-refractivity contribution in [2.75, 3.05) is 6.54 Å². The van der Waals surface area contributed by atoms with E-state index in [0.29, 0.717) is 18.4 Å². The number of nitrogens with two attached hydrogens (primary N) is 1. The molecule has 1 unspecified atom stereocenters. The number of carbonyl (C=O) groups excluding carboxylic acids is 1. The first-order valence-electron chi connectivity index (χ1n) is 9.63. The first-order valence-corrected chi connectivity index (χ1v) is 9.63. The molecule has 1 heterocycles. The summed E-state index contributed by atoms with van der Waals surface area (Å²) < 4.78 is 5.43. The summed E-state index contributed by atoms with van der Waals surface area (Å²) in [6.45, 7) is 4.64. The second kappa shape index (κ2) is 9.33. The highest BCUT2D eigenvalue weighted by Gasteiger charge is 2.20. The number of nitrogens with zero attached hydrogens (tertiary/aromatic N) is 1. The Morgan fingerprint density at radius 2 is 1.61 bits per heavy atom. The summed E-state index contributed by atoms with van der Waals surface area (Å²) in [7, 11) is 0. The van der Waals surface area contributed by atoms with E-state index in [-0.39, 0.29) is 23.6 Å². The molecule has 0 saturated heterocycles. The minimum absolute atomic E-state index is 0.0564. The lowest BCUT2D eigenvalue weighted by atomic mass is 9.91. The summed E-state index contributed by atoms with van der Waals surface area (Å²) >= 11 is 0. The fourth-order valence-electron chi connectivity index (χ4n) is 3.26. The Morgan fingerprint density at radius 3 is 2.14 bits per heavy atom. The van der Waals surface area contributed by atoms with Gasteiger partial charge in [-0.1, -0.05) is 74.5 Å². The van der Waals surface area contributed by atoms with Gasteiger partial charge in [-0.05, 0) is 23.5 Å². The third-order valence-corrected chi connectivity index (χ3v) is 4.67. The van der Waals surface area contributed by atoms with Gasteiger partial charge >= 0.3 is 0 Å². The summed E-state index contributed by atoms with van der Waals surface area (Å²) in [6, 6.07) is 20.0. The largest absolute Gasteiger partial charge is 0.446 e. The van der Waals surface area contributed by atoms with Crippen LogP contribution in [0, 0.1) is 5.92 Å². The Kier molecular flexibility index (Phi) is 6.61. The number of nitrogens with one attached hydrogen (secondary N) is 1. The van der Waals surface area contributed by atoms with Crippen LogP contribution in [0.4, 0.5) is 0 Å². The molecule has 0 aliphatic rings. The van der Waals surface area contributed by atoms with Crippen molar-refractivity contribution >= 4 is 5.91 Å². The average Bonchev–Trinajstić information content (AvgIpc) is 3.20. The molecular formula is C23H27N3O2. The van der Waals surface area contributed by atoms with Crippen molar-refractivity contribution < 1.29 is 9.21 Å². The minimum atomic E-state index is -0.303. The lowest BCUT2D eigenvalue weighted by Gasteiger charge is -2.18. The lowest BCUT2D eigenvalue weighted by molar-refractivity contribution is 0.0947. The van der Waals surface area contributed by atoms with Crippen LogP contribution in [0.15, 0.2) is 71.3 Å². The molecule has 0 fully saturated rings. The molecule has 3 N–H and O–H groups in total. The van der Waals surface area contributed by atoms with Crippen molar-refractivity contribution in [2.45, 2.75) is 32.2 Å². The molecule has 0 aliphatic heterocycles. The molecule has 1 amide bonds. The molecular weight excluding hydrogens is 350 g/mol. The molecule has 2 aromatic carbocycles. The Labute approximate surface area is 166 Å². The minimum Gasteiger partial charge on any atom is -0.446 e. The highest BCUT2D eigenvalue weighted by molar-refractivity contribution is 5.92. The maximum atomic E-state index is 12.6. The molecule has 0 radical (unpaired) electrons. The van der Waals surface area contributed by atoms with E-state index in [2.05, 4.69) is 48.4 Å². The van der Waals surface area contributed by atoms with Gasteiger partial charge in [0, 0.05) is 12.5 Å². The molecule has 146 valence electrons. The molecule has 3 rings (SSSR count). The van der Waals surface area contributed by atoms with Crippen LogP contribution in [0.2, 0.25) is 0 Å². The van der Waals surface area contributed by atoms with E-state index in [1.165, 1.54) is 6.26 Å². The van der Waals surface area contributed by atoms with E-state index in [9.17, 15) is 4.79 Å². The van der Waals surface area contributed by atoms with Crippen molar-refractivity contribution in [1.82, 2.24) is 10.3 Å². The van der Waals surface area contributed by atoms with Crippen molar-refractivity contribution in [1.29, 1.82) is 0 Å². The van der Waals surface area contributed by atoms with Gasteiger partial charge < -0.3 is 15.5 Å². The van der Waals surface area contributed by atoms with Crippen molar-refractivity contribution in [3.8, 4) is 0 Å². The number of aromatic nitrogens is 1.